The van der Waals surface area contributed by atoms with Crippen molar-refractivity contribution in [1.29, 1.82) is 5.41 Å². The molecule has 4 heteroatoms. The third-order valence-corrected chi connectivity index (χ3v) is 1.61. The Morgan fingerprint density at radius 1 is 1.25 bits per heavy atom. The molecule has 0 bridgehead atoms. The highest BCUT2D eigenvalue weighted by Crippen LogP contribution is 1.83. The molecule has 0 fully saturated rings. The van der Waals surface area contributed by atoms with Gasteiger partial charge in [-0.3, -0.25) is 5.41 Å². The van der Waals surface area contributed by atoms with E-state index in [9.17, 15) is 0 Å². The topological polar surface area (TPSA) is 42.4 Å². The van der Waals surface area contributed by atoms with Gasteiger partial charge in [-0.15, -0.1) is 0 Å². The highest BCUT2D eigenvalue weighted by Gasteiger charge is 2.01. The number of hydrogen-bond acceptors (Lipinski definition) is 2. The first-order valence-electron chi connectivity index (χ1n) is 4.26. The van der Waals surface area contributed by atoms with Crippen molar-refractivity contribution in [3.8, 4) is 0 Å². The molecule has 0 aliphatic rings. The molecule has 72 valence electrons. The van der Waals surface area contributed by atoms with Gasteiger partial charge in [0.15, 0.2) is 5.96 Å². The maximum Gasteiger partial charge on any atom is 0.190 e. The monoisotopic (exact) mass is 172 g/mol. The summed E-state index contributed by atoms with van der Waals surface area (Å²) in [7, 11) is 5.99. The number of rotatable bonds is 4. The van der Waals surface area contributed by atoms with Crippen LogP contribution in [0.4, 0.5) is 0 Å². The fraction of sp³-hybridized carbons (Fsp3) is 0.875. The molecule has 0 saturated heterocycles. The van der Waals surface area contributed by atoms with Crippen molar-refractivity contribution in [3.05, 3.63) is 0 Å². The molecule has 0 radical (unpaired) electrons. The minimum atomic E-state index is 0.499. The van der Waals surface area contributed by atoms with Gasteiger partial charge >= 0.3 is 0 Å². The summed E-state index contributed by atoms with van der Waals surface area (Å²) in [6.07, 6.45) is 0. The Kier molecular flexibility index (Phi) is 5.45. The van der Waals surface area contributed by atoms with E-state index in [1.807, 2.05) is 33.0 Å². The predicted molar refractivity (Wildman–Crippen MR) is 52.6 cm³/mol. The molecule has 4 nitrogen and oxygen atoms in total. The zero-order valence-electron chi connectivity index (χ0n) is 8.52. The van der Waals surface area contributed by atoms with E-state index >= 15 is 0 Å². The summed E-state index contributed by atoms with van der Waals surface area (Å²) in [5.74, 6) is 0.499. The molecule has 0 saturated carbocycles. The number of hydrogen-bond donors (Lipinski definition) is 2. The van der Waals surface area contributed by atoms with Crippen molar-refractivity contribution in [2.75, 3.05) is 40.8 Å². The van der Waals surface area contributed by atoms with Gasteiger partial charge in [-0.05, 0) is 21.0 Å². The Morgan fingerprint density at radius 3 is 2.25 bits per heavy atom. The molecule has 0 aromatic heterocycles. The van der Waals surface area contributed by atoms with Crippen LogP contribution in [0.25, 0.3) is 0 Å². The van der Waals surface area contributed by atoms with Gasteiger partial charge in [-0.2, -0.15) is 0 Å². The standard InChI is InChI=1S/C8H20N4/c1-5-10-8(9)12(4)7-6-11(2)3/h5-7H2,1-4H3,(H2,9,10). The largest absolute Gasteiger partial charge is 0.357 e. The average Bonchev–Trinajstić information content (AvgIpc) is 2.00. The lowest BCUT2D eigenvalue weighted by atomic mass is 10.5. The van der Waals surface area contributed by atoms with E-state index in [1.165, 1.54) is 0 Å². The maximum atomic E-state index is 7.54. The normalized spacial score (nSPS) is 10.1. The Labute approximate surface area is 75.0 Å². The maximum absolute atomic E-state index is 7.54. The lowest BCUT2D eigenvalue weighted by Crippen LogP contribution is -2.40. The molecule has 0 aliphatic carbocycles. The van der Waals surface area contributed by atoms with E-state index in [2.05, 4.69) is 10.2 Å². The van der Waals surface area contributed by atoms with Gasteiger partial charge in [0.05, 0.1) is 0 Å². The highest BCUT2D eigenvalue weighted by molar-refractivity contribution is 5.76. The summed E-state index contributed by atoms with van der Waals surface area (Å²) in [6.45, 7) is 4.67. The quantitative estimate of drug-likeness (QED) is 0.464. The zero-order valence-corrected chi connectivity index (χ0v) is 8.52. The number of nitrogens with one attached hydrogen (secondary N) is 2. The van der Waals surface area contributed by atoms with Gasteiger partial charge < -0.3 is 15.1 Å². The van der Waals surface area contributed by atoms with Crippen LogP contribution in [0.5, 0.6) is 0 Å². The van der Waals surface area contributed by atoms with Crippen molar-refractivity contribution in [2.24, 2.45) is 0 Å². The molecule has 0 aliphatic heterocycles. The summed E-state index contributed by atoms with van der Waals surface area (Å²) < 4.78 is 0. The van der Waals surface area contributed by atoms with Crippen molar-refractivity contribution < 1.29 is 0 Å². The van der Waals surface area contributed by atoms with Crippen LogP contribution in [0.2, 0.25) is 0 Å². The second kappa shape index (κ2) is 5.83. The third-order valence-electron chi connectivity index (χ3n) is 1.61. The van der Waals surface area contributed by atoms with Crippen LogP contribution in [0.1, 0.15) is 6.92 Å². The SMILES string of the molecule is CCNC(=N)N(C)CCN(C)C. The molecule has 0 amide bonds. The predicted octanol–water partition coefficient (Wildman–Crippen LogP) is 0.0241. The summed E-state index contributed by atoms with van der Waals surface area (Å²) >= 11 is 0. The summed E-state index contributed by atoms with van der Waals surface area (Å²) in [5, 5.41) is 10.5. The average molecular weight is 172 g/mol. The van der Waals surface area contributed by atoms with Gasteiger partial charge in [0.2, 0.25) is 0 Å². The van der Waals surface area contributed by atoms with Crippen LogP contribution in [0.3, 0.4) is 0 Å². The second-order valence-electron chi connectivity index (χ2n) is 3.10. The van der Waals surface area contributed by atoms with Crippen molar-refractivity contribution in [1.82, 2.24) is 15.1 Å². The van der Waals surface area contributed by atoms with Crippen molar-refractivity contribution in [2.45, 2.75) is 6.92 Å². The first kappa shape index (κ1) is 11.2. The lowest BCUT2D eigenvalue weighted by Gasteiger charge is -2.22. The van der Waals surface area contributed by atoms with E-state index in [4.69, 9.17) is 5.41 Å². The van der Waals surface area contributed by atoms with Crippen LogP contribution in [-0.4, -0.2) is 56.5 Å². The Bertz CT molecular complexity index is 133. The Morgan fingerprint density at radius 2 is 1.83 bits per heavy atom. The molecule has 0 aromatic carbocycles. The van der Waals surface area contributed by atoms with Crippen molar-refractivity contribution in [3.63, 3.8) is 0 Å². The molecular weight excluding hydrogens is 152 g/mol. The fourth-order valence-corrected chi connectivity index (χ4v) is 0.764. The van der Waals surface area contributed by atoms with Crippen LogP contribution in [0.15, 0.2) is 0 Å². The summed E-state index contributed by atoms with van der Waals surface area (Å²) in [5.41, 5.74) is 0. The van der Waals surface area contributed by atoms with Crippen molar-refractivity contribution >= 4 is 5.96 Å². The van der Waals surface area contributed by atoms with E-state index in [1.54, 1.807) is 0 Å². The first-order valence-corrected chi connectivity index (χ1v) is 4.26. The van der Waals surface area contributed by atoms with E-state index < -0.39 is 0 Å². The highest BCUT2D eigenvalue weighted by atomic mass is 15.3. The molecule has 0 heterocycles. The summed E-state index contributed by atoms with van der Waals surface area (Å²) in [4.78, 5) is 4.01. The molecule has 12 heavy (non-hydrogen) atoms. The van der Waals surface area contributed by atoms with Crippen LogP contribution in [-0.2, 0) is 0 Å². The molecule has 0 spiro atoms. The first-order chi connectivity index (χ1) is 5.57. The van der Waals surface area contributed by atoms with E-state index in [-0.39, 0.29) is 0 Å². The molecular formula is C8H20N4. The van der Waals surface area contributed by atoms with E-state index in [0.29, 0.717) is 5.96 Å². The molecule has 0 rings (SSSR count). The minimum Gasteiger partial charge on any atom is -0.357 e. The third kappa shape index (κ3) is 4.96. The zero-order chi connectivity index (χ0) is 9.56. The second-order valence-corrected chi connectivity index (χ2v) is 3.10. The van der Waals surface area contributed by atoms with Crippen LogP contribution < -0.4 is 5.32 Å². The Balaban J connectivity index is 3.56. The fourth-order valence-electron chi connectivity index (χ4n) is 0.764. The number of nitrogens with zero attached hydrogens (tertiary/aromatic N) is 2. The molecule has 0 unspecified atom stereocenters. The van der Waals surface area contributed by atoms with Gasteiger partial charge in [0.1, 0.15) is 0 Å². The smallest absolute Gasteiger partial charge is 0.190 e. The molecule has 2 N–H and O–H groups in total. The minimum absolute atomic E-state index is 0.499. The van der Waals surface area contributed by atoms with Crippen LogP contribution in [0, 0.1) is 5.41 Å². The molecule has 0 atom stereocenters. The lowest BCUT2D eigenvalue weighted by molar-refractivity contribution is 0.351. The number of likely N-dealkylation sites (N-methyl/N-ethyl adjacent to an activating group) is 2. The Hall–Kier alpha value is -0.770. The van der Waals surface area contributed by atoms with Gasteiger partial charge in [-0.1, -0.05) is 0 Å². The molecule has 0 aromatic rings. The van der Waals surface area contributed by atoms with Gasteiger partial charge in [0, 0.05) is 26.7 Å². The number of guanidine groups is 1. The summed E-state index contributed by atoms with van der Waals surface area (Å²) in [6, 6.07) is 0. The van der Waals surface area contributed by atoms with Crippen LogP contribution >= 0.6 is 0 Å². The van der Waals surface area contributed by atoms with Gasteiger partial charge in [0.25, 0.3) is 0 Å². The van der Waals surface area contributed by atoms with E-state index in [0.717, 1.165) is 19.6 Å². The van der Waals surface area contributed by atoms with Gasteiger partial charge in [-0.25, -0.2) is 0 Å².